The summed E-state index contributed by atoms with van der Waals surface area (Å²) in [4.78, 5) is 39.0. The van der Waals surface area contributed by atoms with Crippen LogP contribution in [0.15, 0.2) is 97.3 Å². The van der Waals surface area contributed by atoms with Gasteiger partial charge in [-0.05, 0) is 71.0 Å². The van der Waals surface area contributed by atoms with Gasteiger partial charge in [0.1, 0.15) is 5.69 Å². The van der Waals surface area contributed by atoms with E-state index in [1.54, 1.807) is 12.3 Å². The third-order valence-corrected chi connectivity index (χ3v) is 9.81. The van der Waals surface area contributed by atoms with E-state index in [1.165, 1.54) is 0 Å². The summed E-state index contributed by atoms with van der Waals surface area (Å²) in [6, 6.07) is 25.6. The highest BCUT2D eigenvalue weighted by Gasteiger charge is 2.39. The van der Waals surface area contributed by atoms with Crippen LogP contribution in [-0.4, -0.2) is 46.3 Å². The molecule has 5 heterocycles. The predicted octanol–water partition coefficient (Wildman–Crippen LogP) is 7.89. The number of aromatic nitrogens is 2. The number of nitrogens with one attached hydrogen (secondary N) is 3. The van der Waals surface area contributed by atoms with E-state index < -0.39 is 0 Å². The zero-order valence-electron chi connectivity index (χ0n) is 26.1. The number of anilines is 2. The molecule has 240 valence electrons. The Hall–Kier alpha value is -5.05. The number of amides is 2. The number of carbonyl (C=O) groups excluding carboxylic acids is 2. The lowest BCUT2D eigenvalue weighted by molar-refractivity contribution is -0.120. The maximum atomic E-state index is 14.6. The van der Waals surface area contributed by atoms with Crippen molar-refractivity contribution in [1.82, 2.24) is 20.2 Å². The van der Waals surface area contributed by atoms with Crippen molar-refractivity contribution in [2.75, 3.05) is 29.9 Å². The first-order valence-electron chi connectivity index (χ1n) is 16.0. The van der Waals surface area contributed by atoms with Crippen molar-refractivity contribution in [1.29, 1.82) is 0 Å². The zero-order valence-corrected chi connectivity index (χ0v) is 27.6. The van der Waals surface area contributed by atoms with Crippen LogP contribution in [0.4, 0.5) is 11.5 Å². The first kappa shape index (κ1) is 30.3. The Bertz CT molecular complexity index is 2140. The van der Waals surface area contributed by atoms with Crippen molar-refractivity contribution in [2.24, 2.45) is 5.92 Å². The number of H-pyrrole nitrogens is 1. The van der Waals surface area contributed by atoms with Gasteiger partial charge in [0, 0.05) is 52.0 Å². The standard InChI is InChI=1S/C38H32Cl2N6O2/c1-22-7-6-17-46-35(24-11-13-25(39)14-12-24)27-19-26(40)20-29-32(27)33(36(46)31(22)23-8-3-2-4-9-23)34(43-29)38(48)44-28-10-5-15-42-37(28)45-18-16-41-30(47)21-45/h2-6,8-15,17,19-20,22,35,43H,7,16,18,21H2,1H3,(H,41,47)(H,44,48). The normalized spacial score (nSPS) is 18.9. The summed E-state index contributed by atoms with van der Waals surface area (Å²) in [6.45, 7) is 3.49. The molecule has 2 unspecified atom stereocenters. The largest absolute Gasteiger partial charge is 0.353 e. The lowest BCUT2D eigenvalue weighted by Gasteiger charge is -2.39. The van der Waals surface area contributed by atoms with E-state index in [0.29, 0.717) is 40.3 Å². The number of nitrogens with zero attached hydrogens (tertiary/aromatic N) is 3. The monoisotopic (exact) mass is 674 g/mol. The molecule has 2 atom stereocenters. The molecule has 2 aromatic heterocycles. The lowest BCUT2D eigenvalue weighted by atomic mass is 9.82. The van der Waals surface area contributed by atoms with Crippen LogP contribution >= 0.6 is 23.2 Å². The summed E-state index contributed by atoms with van der Waals surface area (Å²) in [5.41, 5.74) is 7.79. The molecule has 0 aliphatic carbocycles. The molecule has 0 spiro atoms. The van der Waals surface area contributed by atoms with Gasteiger partial charge in [0.25, 0.3) is 5.91 Å². The summed E-state index contributed by atoms with van der Waals surface area (Å²) in [5.74, 6) is 0.304. The second-order valence-electron chi connectivity index (χ2n) is 12.4. The van der Waals surface area contributed by atoms with Crippen LogP contribution in [0.2, 0.25) is 10.0 Å². The average Bonchev–Trinajstić information content (AvgIpc) is 3.38. The average molecular weight is 676 g/mol. The number of aromatic amines is 1. The van der Waals surface area contributed by atoms with Gasteiger partial charge in [-0.3, -0.25) is 9.59 Å². The Morgan fingerprint density at radius 1 is 1.00 bits per heavy atom. The van der Waals surface area contributed by atoms with Gasteiger partial charge in [0.15, 0.2) is 5.82 Å². The first-order chi connectivity index (χ1) is 23.4. The second kappa shape index (κ2) is 12.2. The zero-order chi connectivity index (χ0) is 32.9. The number of allylic oxidation sites excluding steroid dienone is 2. The highest BCUT2D eigenvalue weighted by molar-refractivity contribution is 6.32. The van der Waals surface area contributed by atoms with Crippen LogP contribution in [-0.2, 0) is 4.79 Å². The second-order valence-corrected chi connectivity index (χ2v) is 13.3. The molecule has 8 rings (SSSR count). The molecule has 8 nitrogen and oxygen atoms in total. The number of fused-ring (bicyclic) bond motifs is 2. The number of halogens is 2. The van der Waals surface area contributed by atoms with Crippen molar-refractivity contribution in [3.63, 3.8) is 0 Å². The number of piperazine rings is 1. The molecule has 3 aliphatic heterocycles. The molecule has 0 saturated carbocycles. The minimum absolute atomic E-state index is 0.0834. The van der Waals surface area contributed by atoms with E-state index in [4.69, 9.17) is 23.2 Å². The highest BCUT2D eigenvalue weighted by Crippen LogP contribution is 2.52. The van der Waals surface area contributed by atoms with Crippen LogP contribution in [0.25, 0.3) is 22.2 Å². The van der Waals surface area contributed by atoms with Gasteiger partial charge in [-0.15, -0.1) is 0 Å². The molecule has 1 saturated heterocycles. The summed E-state index contributed by atoms with van der Waals surface area (Å²) in [5, 5.41) is 8.17. The van der Waals surface area contributed by atoms with E-state index in [9.17, 15) is 9.59 Å². The highest BCUT2D eigenvalue weighted by atomic mass is 35.5. The minimum Gasteiger partial charge on any atom is -0.353 e. The van der Waals surface area contributed by atoms with Crippen LogP contribution in [0.5, 0.6) is 0 Å². The molecular formula is C38H32Cl2N6O2. The van der Waals surface area contributed by atoms with Gasteiger partial charge in [-0.25, -0.2) is 4.98 Å². The van der Waals surface area contributed by atoms with E-state index >= 15 is 0 Å². The summed E-state index contributed by atoms with van der Waals surface area (Å²) in [6.07, 6.45) is 6.85. The van der Waals surface area contributed by atoms with Crippen molar-refractivity contribution in [3.05, 3.63) is 135 Å². The smallest absolute Gasteiger partial charge is 0.272 e. The lowest BCUT2D eigenvalue weighted by Crippen LogP contribution is -2.48. The molecule has 1 fully saturated rings. The Balaban J connectivity index is 1.37. The van der Waals surface area contributed by atoms with Crippen LogP contribution in [0, 0.1) is 5.92 Å². The fourth-order valence-electron chi connectivity index (χ4n) is 7.30. The van der Waals surface area contributed by atoms with Gasteiger partial charge >= 0.3 is 0 Å². The Morgan fingerprint density at radius 3 is 2.60 bits per heavy atom. The van der Waals surface area contributed by atoms with Gasteiger partial charge in [-0.1, -0.05) is 78.7 Å². The van der Waals surface area contributed by atoms with E-state index in [0.717, 1.165) is 50.8 Å². The molecule has 10 heteroatoms. The molecule has 3 aliphatic rings. The topological polar surface area (TPSA) is 93.4 Å². The Kier molecular flexibility index (Phi) is 7.70. The molecule has 48 heavy (non-hydrogen) atoms. The summed E-state index contributed by atoms with van der Waals surface area (Å²) in [7, 11) is 0. The van der Waals surface area contributed by atoms with Crippen LogP contribution < -0.4 is 15.5 Å². The van der Waals surface area contributed by atoms with Crippen molar-refractivity contribution < 1.29 is 9.59 Å². The van der Waals surface area contributed by atoms with Crippen molar-refractivity contribution in [2.45, 2.75) is 19.4 Å². The number of pyridine rings is 1. The van der Waals surface area contributed by atoms with Crippen LogP contribution in [0.1, 0.15) is 52.1 Å². The minimum atomic E-state index is -0.315. The number of benzene rings is 3. The molecule has 5 aromatic rings. The van der Waals surface area contributed by atoms with E-state index in [2.05, 4.69) is 81.1 Å². The first-order valence-corrected chi connectivity index (χ1v) is 16.8. The van der Waals surface area contributed by atoms with Gasteiger partial charge in [0.2, 0.25) is 5.91 Å². The fraction of sp³-hybridized carbons (Fsp3) is 0.184. The van der Waals surface area contributed by atoms with Gasteiger partial charge in [-0.2, -0.15) is 0 Å². The number of carbonyl (C=O) groups is 2. The summed E-state index contributed by atoms with van der Waals surface area (Å²) >= 11 is 13.2. The number of hydrogen-bond donors (Lipinski definition) is 3. The molecular weight excluding hydrogens is 643 g/mol. The molecule has 2 amide bonds. The third kappa shape index (κ3) is 5.21. The van der Waals surface area contributed by atoms with Gasteiger partial charge < -0.3 is 25.4 Å². The maximum absolute atomic E-state index is 14.6. The molecule has 3 N–H and O–H groups in total. The van der Waals surface area contributed by atoms with Gasteiger partial charge in [0.05, 0.1) is 24.0 Å². The predicted molar refractivity (Wildman–Crippen MR) is 192 cm³/mol. The number of hydrogen-bond acceptors (Lipinski definition) is 5. The van der Waals surface area contributed by atoms with E-state index in [-0.39, 0.29) is 30.3 Å². The quantitative estimate of drug-likeness (QED) is 0.176. The third-order valence-electron chi connectivity index (χ3n) is 9.33. The summed E-state index contributed by atoms with van der Waals surface area (Å²) < 4.78 is 0. The molecule has 0 bridgehead atoms. The van der Waals surface area contributed by atoms with E-state index in [1.807, 2.05) is 41.3 Å². The number of rotatable bonds is 5. The molecule has 0 radical (unpaired) electrons. The maximum Gasteiger partial charge on any atom is 0.272 e. The van der Waals surface area contributed by atoms with Crippen molar-refractivity contribution >= 4 is 68.7 Å². The molecule has 3 aromatic carbocycles. The Morgan fingerprint density at radius 2 is 1.81 bits per heavy atom. The Labute approximate surface area is 288 Å². The van der Waals surface area contributed by atoms with Crippen LogP contribution in [0.3, 0.4) is 0 Å². The van der Waals surface area contributed by atoms with Crippen molar-refractivity contribution in [3.8, 4) is 0 Å². The SMILES string of the molecule is CC1CC=CN2C(=C1c1ccccc1)c1c(C(=O)Nc3cccnc3N3CCNC(=O)C3)[nH]c3cc(Cl)cc(c13)C2c1ccc(Cl)cc1. The fourth-order valence-corrected chi connectivity index (χ4v) is 7.65.